The van der Waals surface area contributed by atoms with Crippen molar-refractivity contribution in [3.8, 4) is 0 Å². The standard InChI is InChI=1S/C56H97NO5/c1-4-7-10-13-16-19-22-24-26-28-30-32-34-37-40-43-46-49-56(61)62-52(47-44-41-38-35-33-31-29-27-25-23-20-17-14-11-8-5-2)50-55(60)57-53(51-58)54(59)48-45-42-39-36-21-18-15-12-9-6-3/h11,14,16-17,19-20,23-27,29,31,33,52-54,58-59H,4-10,12-13,15,18,21-22,28,30,32,34-51H2,1-3H3,(H,57,60)/b14-11+,19-16-,20-17+,25-23+,26-24-,29-27+,33-31+. The number of carbonyl (C=O) groups excluding carboxylic acids is 2. The topological polar surface area (TPSA) is 95.9 Å². The smallest absolute Gasteiger partial charge is 0.306 e. The molecule has 3 atom stereocenters. The van der Waals surface area contributed by atoms with Crippen LogP contribution < -0.4 is 5.32 Å². The second-order valence-corrected chi connectivity index (χ2v) is 17.3. The highest BCUT2D eigenvalue weighted by atomic mass is 16.5. The van der Waals surface area contributed by atoms with Gasteiger partial charge in [0.25, 0.3) is 0 Å². The van der Waals surface area contributed by atoms with Gasteiger partial charge in [-0.2, -0.15) is 0 Å². The van der Waals surface area contributed by atoms with Crippen LogP contribution in [-0.4, -0.2) is 46.9 Å². The van der Waals surface area contributed by atoms with Crippen LogP contribution in [0.4, 0.5) is 0 Å². The van der Waals surface area contributed by atoms with Crippen molar-refractivity contribution in [3.63, 3.8) is 0 Å². The number of rotatable bonds is 45. The molecular formula is C56H97NO5. The third-order valence-corrected chi connectivity index (χ3v) is 11.3. The lowest BCUT2D eigenvalue weighted by Gasteiger charge is -2.24. The van der Waals surface area contributed by atoms with Gasteiger partial charge in [0.15, 0.2) is 0 Å². The molecule has 0 saturated carbocycles. The first-order valence-corrected chi connectivity index (χ1v) is 25.9. The monoisotopic (exact) mass is 864 g/mol. The van der Waals surface area contributed by atoms with Gasteiger partial charge in [0.1, 0.15) is 6.10 Å². The molecule has 0 aromatic rings. The normalized spacial score (nSPS) is 14.0. The largest absolute Gasteiger partial charge is 0.462 e. The Kier molecular flexibility index (Phi) is 46.7. The van der Waals surface area contributed by atoms with Crippen LogP contribution in [0.2, 0.25) is 0 Å². The predicted octanol–water partition coefficient (Wildman–Crippen LogP) is 15.6. The zero-order valence-corrected chi connectivity index (χ0v) is 40.5. The summed E-state index contributed by atoms with van der Waals surface area (Å²) >= 11 is 0. The summed E-state index contributed by atoms with van der Waals surface area (Å²) in [4.78, 5) is 26.1. The van der Waals surface area contributed by atoms with Crippen molar-refractivity contribution in [1.82, 2.24) is 5.32 Å². The van der Waals surface area contributed by atoms with Crippen LogP contribution in [0.15, 0.2) is 85.1 Å². The molecule has 0 saturated heterocycles. The van der Waals surface area contributed by atoms with Gasteiger partial charge in [-0.1, -0.05) is 228 Å². The first-order chi connectivity index (χ1) is 30.5. The summed E-state index contributed by atoms with van der Waals surface area (Å²) in [5.41, 5.74) is 0. The molecular weight excluding hydrogens is 767 g/mol. The van der Waals surface area contributed by atoms with Crippen molar-refractivity contribution in [2.24, 2.45) is 0 Å². The number of aliphatic hydroxyl groups is 2. The van der Waals surface area contributed by atoms with Gasteiger partial charge >= 0.3 is 5.97 Å². The Morgan fingerprint density at radius 1 is 0.484 bits per heavy atom. The van der Waals surface area contributed by atoms with Gasteiger partial charge in [-0.15, -0.1) is 0 Å². The lowest BCUT2D eigenvalue weighted by Crippen LogP contribution is -2.46. The van der Waals surface area contributed by atoms with Gasteiger partial charge in [0, 0.05) is 6.42 Å². The van der Waals surface area contributed by atoms with E-state index in [1.165, 1.54) is 103 Å². The number of amides is 1. The van der Waals surface area contributed by atoms with E-state index < -0.39 is 18.2 Å². The van der Waals surface area contributed by atoms with E-state index in [0.29, 0.717) is 19.3 Å². The molecule has 0 spiro atoms. The van der Waals surface area contributed by atoms with Crippen molar-refractivity contribution in [3.05, 3.63) is 85.1 Å². The van der Waals surface area contributed by atoms with E-state index in [4.69, 9.17) is 4.74 Å². The van der Waals surface area contributed by atoms with Crippen LogP contribution in [0.25, 0.3) is 0 Å². The molecule has 0 heterocycles. The van der Waals surface area contributed by atoms with Crippen molar-refractivity contribution in [2.75, 3.05) is 6.61 Å². The second-order valence-electron chi connectivity index (χ2n) is 17.3. The molecule has 3 unspecified atom stereocenters. The predicted molar refractivity (Wildman–Crippen MR) is 268 cm³/mol. The fourth-order valence-corrected chi connectivity index (χ4v) is 7.37. The molecule has 0 aromatic heterocycles. The highest BCUT2D eigenvalue weighted by Gasteiger charge is 2.24. The number of aliphatic hydroxyl groups excluding tert-OH is 2. The SMILES string of the molecule is CCC/C=C/C=C/C=C/C=C/C=C/CCCCCC(CC(=O)NC(CO)C(O)CCCCCCCCCCCC)OC(=O)CCCCCCCCC/C=C\C/C=C\CCCCC. The fourth-order valence-electron chi connectivity index (χ4n) is 7.37. The van der Waals surface area contributed by atoms with Crippen LogP contribution >= 0.6 is 0 Å². The first-order valence-electron chi connectivity index (χ1n) is 25.9. The number of hydrogen-bond donors (Lipinski definition) is 3. The van der Waals surface area contributed by atoms with E-state index in [1.54, 1.807) is 0 Å². The quantitative estimate of drug-likeness (QED) is 0.0245. The van der Waals surface area contributed by atoms with Crippen LogP contribution in [-0.2, 0) is 14.3 Å². The molecule has 0 rings (SSSR count). The average Bonchev–Trinajstić information content (AvgIpc) is 3.26. The van der Waals surface area contributed by atoms with Gasteiger partial charge in [-0.25, -0.2) is 0 Å². The first kappa shape index (κ1) is 59.0. The minimum atomic E-state index is -0.804. The highest BCUT2D eigenvalue weighted by molar-refractivity contribution is 5.77. The summed E-state index contributed by atoms with van der Waals surface area (Å²) in [6.45, 7) is 6.34. The molecule has 0 bridgehead atoms. The van der Waals surface area contributed by atoms with Crippen molar-refractivity contribution in [2.45, 2.75) is 251 Å². The zero-order valence-electron chi connectivity index (χ0n) is 40.5. The number of ether oxygens (including phenoxy) is 1. The maximum atomic E-state index is 13.2. The molecule has 0 aliphatic heterocycles. The molecule has 62 heavy (non-hydrogen) atoms. The summed E-state index contributed by atoms with van der Waals surface area (Å²) in [6.07, 6.45) is 63.5. The third-order valence-electron chi connectivity index (χ3n) is 11.3. The number of hydrogen-bond acceptors (Lipinski definition) is 5. The fraction of sp³-hybridized carbons (Fsp3) is 0.714. The third kappa shape index (κ3) is 43.7. The Hall–Kier alpha value is -2.96. The van der Waals surface area contributed by atoms with Gasteiger partial charge < -0.3 is 20.3 Å². The van der Waals surface area contributed by atoms with Gasteiger partial charge in [-0.3, -0.25) is 9.59 Å². The summed E-state index contributed by atoms with van der Waals surface area (Å²) in [5, 5.41) is 23.7. The van der Waals surface area contributed by atoms with Gasteiger partial charge in [-0.05, 0) is 77.0 Å². The number of nitrogens with one attached hydrogen (secondary N) is 1. The van der Waals surface area contributed by atoms with Crippen molar-refractivity contribution >= 4 is 11.9 Å². The Morgan fingerprint density at radius 3 is 1.48 bits per heavy atom. The molecule has 3 N–H and O–H groups in total. The van der Waals surface area contributed by atoms with E-state index in [9.17, 15) is 19.8 Å². The Bertz CT molecular complexity index is 1200. The Labute approximate surface area is 383 Å². The Balaban J connectivity index is 4.70. The molecule has 6 nitrogen and oxygen atoms in total. The highest BCUT2D eigenvalue weighted by Crippen LogP contribution is 2.17. The summed E-state index contributed by atoms with van der Waals surface area (Å²) in [5.74, 6) is -0.529. The summed E-state index contributed by atoms with van der Waals surface area (Å²) < 4.78 is 5.92. The minimum absolute atomic E-state index is 0.0422. The molecule has 0 fully saturated rings. The Morgan fingerprint density at radius 2 is 0.919 bits per heavy atom. The molecule has 0 aromatic carbocycles. The molecule has 0 aliphatic rings. The molecule has 6 heteroatoms. The maximum absolute atomic E-state index is 13.2. The zero-order chi connectivity index (χ0) is 45.2. The lowest BCUT2D eigenvalue weighted by molar-refractivity contribution is -0.151. The van der Waals surface area contributed by atoms with E-state index in [2.05, 4.69) is 74.7 Å². The molecule has 1 amide bonds. The second kappa shape index (κ2) is 49.1. The van der Waals surface area contributed by atoms with E-state index in [1.807, 2.05) is 36.5 Å². The number of allylic oxidation sites excluding steroid dienone is 14. The minimum Gasteiger partial charge on any atom is -0.462 e. The van der Waals surface area contributed by atoms with Gasteiger partial charge in [0.05, 0.1) is 25.2 Å². The van der Waals surface area contributed by atoms with E-state index >= 15 is 0 Å². The maximum Gasteiger partial charge on any atom is 0.306 e. The summed E-state index contributed by atoms with van der Waals surface area (Å²) in [7, 11) is 0. The van der Waals surface area contributed by atoms with Crippen LogP contribution in [0.3, 0.4) is 0 Å². The van der Waals surface area contributed by atoms with Crippen LogP contribution in [0.5, 0.6) is 0 Å². The summed E-state index contributed by atoms with van der Waals surface area (Å²) in [6, 6.07) is -0.721. The average molecular weight is 864 g/mol. The van der Waals surface area contributed by atoms with E-state index in [-0.39, 0.29) is 24.9 Å². The van der Waals surface area contributed by atoms with Crippen LogP contribution in [0.1, 0.15) is 233 Å². The van der Waals surface area contributed by atoms with Crippen LogP contribution in [0, 0.1) is 0 Å². The van der Waals surface area contributed by atoms with Crippen molar-refractivity contribution < 1.29 is 24.5 Å². The van der Waals surface area contributed by atoms with E-state index in [0.717, 1.165) is 83.5 Å². The molecule has 0 radical (unpaired) electrons. The van der Waals surface area contributed by atoms with Crippen molar-refractivity contribution in [1.29, 1.82) is 0 Å². The number of unbranched alkanes of at least 4 members (excludes halogenated alkanes) is 23. The molecule has 0 aliphatic carbocycles. The van der Waals surface area contributed by atoms with Gasteiger partial charge in [0.2, 0.25) is 5.91 Å². The number of carbonyl (C=O) groups is 2. The lowest BCUT2D eigenvalue weighted by atomic mass is 10.0. The number of esters is 1. The molecule has 356 valence electrons.